The van der Waals surface area contributed by atoms with Crippen LogP contribution in [0, 0.1) is 0 Å². The third kappa shape index (κ3) is 2.85. The quantitative estimate of drug-likeness (QED) is 0.877. The highest BCUT2D eigenvalue weighted by atomic mass is 19.4. The van der Waals surface area contributed by atoms with Crippen LogP contribution >= 0.6 is 0 Å². The number of rotatable bonds is 2. The van der Waals surface area contributed by atoms with E-state index in [1.165, 1.54) is 0 Å². The highest BCUT2D eigenvalue weighted by Crippen LogP contribution is 2.30. The molecule has 1 atom stereocenters. The Balaban J connectivity index is 1.89. The summed E-state index contributed by atoms with van der Waals surface area (Å²) in [6.07, 6.45) is -5.51. The van der Waals surface area contributed by atoms with Gasteiger partial charge in [0.05, 0.1) is 6.54 Å². The average molecular weight is 261 g/mol. The number of para-hydroxylation sites is 2. The minimum atomic E-state index is -4.88. The van der Waals surface area contributed by atoms with Gasteiger partial charge in [0, 0.05) is 0 Å². The summed E-state index contributed by atoms with van der Waals surface area (Å²) in [5.41, 5.74) is 0. The Morgan fingerprint density at radius 1 is 1.33 bits per heavy atom. The molecule has 1 aliphatic rings. The van der Waals surface area contributed by atoms with E-state index in [4.69, 9.17) is 9.47 Å². The maximum Gasteiger partial charge on any atom is 0.471 e. The van der Waals surface area contributed by atoms with Crippen molar-refractivity contribution in [3.05, 3.63) is 24.3 Å². The van der Waals surface area contributed by atoms with Gasteiger partial charge < -0.3 is 14.8 Å². The van der Waals surface area contributed by atoms with E-state index in [0.717, 1.165) is 0 Å². The van der Waals surface area contributed by atoms with Crippen LogP contribution < -0.4 is 14.8 Å². The Bertz CT molecular complexity index is 447. The predicted molar refractivity (Wildman–Crippen MR) is 55.4 cm³/mol. The Morgan fingerprint density at radius 2 is 2.00 bits per heavy atom. The molecule has 4 nitrogen and oxygen atoms in total. The standard InChI is InChI=1S/C11H10F3NO3/c12-11(13,14)10(16)15-5-7-6-17-8-3-1-2-4-9(8)18-7/h1-4,7H,5-6H2,(H,15,16). The number of hydrogen-bond acceptors (Lipinski definition) is 3. The van der Waals surface area contributed by atoms with Crippen molar-refractivity contribution in [2.75, 3.05) is 13.2 Å². The molecule has 1 heterocycles. The summed E-state index contributed by atoms with van der Waals surface area (Å²) in [6, 6.07) is 6.82. The van der Waals surface area contributed by atoms with Crippen molar-refractivity contribution in [1.29, 1.82) is 0 Å². The van der Waals surface area contributed by atoms with Crippen LogP contribution in [0.3, 0.4) is 0 Å². The molecule has 0 fully saturated rings. The van der Waals surface area contributed by atoms with Crippen molar-refractivity contribution in [3.63, 3.8) is 0 Å². The van der Waals surface area contributed by atoms with Crippen molar-refractivity contribution in [2.24, 2.45) is 0 Å². The molecule has 7 heteroatoms. The first-order valence-corrected chi connectivity index (χ1v) is 5.20. The Labute approximate surface area is 101 Å². The Morgan fingerprint density at radius 3 is 2.67 bits per heavy atom. The van der Waals surface area contributed by atoms with E-state index in [9.17, 15) is 18.0 Å². The summed E-state index contributed by atoms with van der Waals surface area (Å²) in [5, 5.41) is 1.75. The summed E-state index contributed by atoms with van der Waals surface area (Å²) in [5.74, 6) is -0.990. The van der Waals surface area contributed by atoms with Crippen molar-refractivity contribution in [2.45, 2.75) is 12.3 Å². The molecule has 0 saturated heterocycles. The van der Waals surface area contributed by atoms with Crippen LogP contribution in [0.25, 0.3) is 0 Å². The van der Waals surface area contributed by atoms with Gasteiger partial charge in [0.15, 0.2) is 11.5 Å². The number of fused-ring (bicyclic) bond motifs is 1. The lowest BCUT2D eigenvalue weighted by Gasteiger charge is -2.26. The number of hydrogen-bond donors (Lipinski definition) is 1. The predicted octanol–water partition coefficient (Wildman–Crippen LogP) is 1.50. The first kappa shape index (κ1) is 12.5. The van der Waals surface area contributed by atoms with Gasteiger partial charge in [-0.15, -0.1) is 0 Å². The van der Waals surface area contributed by atoms with E-state index in [0.29, 0.717) is 11.5 Å². The zero-order valence-electron chi connectivity index (χ0n) is 9.16. The SMILES string of the molecule is O=C(NCC1COc2ccccc2O1)C(F)(F)F. The van der Waals surface area contributed by atoms with E-state index in [1.807, 2.05) is 0 Å². The van der Waals surface area contributed by atoms with Crippen molar-refractivity contribution in [3.8, 4) is 11.5 Å². The first-order chi connectivity index (χ1) is 8.47. The van der Waals surface area contributed by atoms with Gasteiger partial charge in [-0.1, -0.05) is 12.1 Å². The van der Waals surface area contributed by atoms with Gasteiger partial charge in [-0.3, -0.25) is 4.79 Å². The number of halogens is 3. The molecule has 1 aromatic rings. The fourth-order valence-electron chi connectivity index (χ4n) is 1.47. The fraction of sp³-hybridized carbons (Fsp3) is 0.364. The van der Waals surface area contributed by atoms with Gasteiger partial charge >= 0.3 is 12.1 Å². The van der Waals surface area contributed by atoms with E-state index in [1.54, 1.807) is 29.6 Å². The van der Waals surface area contributed by atoms with Crippen LogP contribution in [0.5, 0.6) is 11.5 Å². The molecule has 0 aromatic heterocycles. The van der Waals surface area contributed by atoms with E-state index < -0.39 is 18.2 Å². The lowest BCUT2D eigenvalue weighted by atomic mass is 10.2. The number of carbonyl (C=O) groups is 1. The van der Waals surface area contributed by atoms with Crippen molar-refractivity contribution >= 4 is 5.91 Å². The third-order valence-electron chi connectivity index (χ3n) is 2.32. The second kappa shape index (κ2) is 4.75. The molecule has 0 radical (unpaired) electrons. The highest BCUT2D eigenvalue weighted by molar-refractivity contribution is 5.81. The number of ether oxygens (including phenoxy) is 2. The molecule has 1 amide bonds. The summed E-state index contributed by atoms with van der Waals surface area (Å²) >= 11 is 0. The maximum atomic E-state index is 12.0. The van der Waals surface area contributed by atoms with Gasteiger partial charge in [-0.05, 0) is 12.1 Å². The Kier molecular flexibility index (Phi) is 3.31. The summed E-state index contributed by atoms with van der Waals surface area (Å²) in [4.78, 5) is 10.6. The van der Waals surface area contributed by atoms with Crippen LogP contribution in [0.2, 0.25) is 0 Å². The molecule has 0 saturated carbocycles. The maximum absolute atomic E-state index is 12.0. The molecular formula is C11H10F3NO3. The van der Waals surface area contributed by atoms with Crippen LogP contribution in [0.4, 0.5) is 13.2 Å². The van der Waals surface area contributed by atoms with Gasteiger partial charge in [-0.25, -0.2) is 0 Å². The van der Waals surface area contributed by atoms with Crippen molar-refractivity contribution in [1.82, 2.24) is 5.32 Å². The molecule has 0 spiro atoms. The van der Waals surface area contributed by atoms with Gasteiger partial charge in [-0.2, -0.15) is 13.2 Å². The van der Waals surface area contributed by atoms with E-state index >= 15 is 0 Å². The minimum absolute atomic E-state index is 0.0924. The van der Waals surface area contributed by atoms with Crippen LogP contribution in [0.15, 0.2) is 24.3 Å². The lowest BCUT2D eigenvalue weighted by Crippen LogP contribution is -2.45. The lowest BCUT2D eigenvalue weighted by molar-refractivity contribution is -0.174. The smallest absolute Gasteiger partial charge is 0.471 e. The number of nitrogens with one attached hydrogen (secondary N) is 1. The molecule has 0 aliphatic carbocycles. The first-order valence-electron chi connectivity index (χ1n) is 5.20. The van der Waals surface area contributed by atoms with E-state index in [-0.39, 0.29) is 13.2 Å². The second-order valence-electron chi connectivity index (χ2n) is 3.71. The zero-order chi connectivity index (χ0) is 13.2. The molecule has 0 bridgehead atoms. The summed E-state index contributed by atoms with van der Waals surface area (Å²) < 4.78 is 46.6. The molecule has 1 unspecified atom stereocenters. The largest absolute Gasteiger partial charge is 0.486 e. The molecule has 2 rings (SSSR count). The van der Waals surface area contributed by atoms with Gasteiger partial charge in [0.2, 0.25) is 0 Å². The fourth-order valence-corrected chi connectivity index (χ4v) is 1.47. The molecule has 18 heavy (non-hydrogen) atoms. The minimum Gasteiger partial charge on any atom is -0.486 e. The average Bonchev–Trinajstić information content (AvgIpc) is 2.34. The molecule has 1 aromatic carbocycles. The topological polar surface area (TPSA) is 47.6 Å². The zero-order valence-corrected chi connectivity index (χ0v) is 9.16. The number of carbonyl (C=O) groups excluding carboxylic acids is 1. The molecule has 1 aliphatic heterocycles. The second-order valence-corrected chi connectivity index (χ2v) is 3.71. The number of benzene rings is 1. The van der Waals surface area contributed by atoms with E-state index in [2.05, 4.69) is 0 Å². The summed E-state index contributed by atoms with van der Waals surface area (Å²) in [6.45, 7) is -0.165. The number of amides is 1. The summed E-state index contributed by atoms with van der Waals surface area (Å²) in [7, 11) is 0. The molecule has 98 valence electrons. The normalized spacial score (nSPS) is 18.3. The highest BCUT2D eigenvalue weighted by Gasteiger charge is 2.39. The van der Waals surface area contributed by atoms with Gasteiger partial charge in [0.25, 0.3) is 0 Å². The number of alkyl halides is 3. The van der Waals surface area contributed by atoms with Crippen molar-refractivity contribution < 1.29 is 27.4 Å². The third-order valence-corrected chi connectivity index (χ3v) is 2.32. The Hall–Kier alpha value is -1.92. The molecule has 1 N–H and O–H groups in total. The van der Waals surface area contributed by atoms with Crippen LogP contribution in [0.1, 0.15) is 0 Å². The van der Waals surface area contributed by atoms with Crippen LogP contribution in [-0.2, 0) is 4.79 Å². The molecular weight excluding hydrogens is 251 g/mol. The van der Waals surface area contributed by atoms with Crippen LogP contribution in [-0.4, -0.2) is 31.3 Å². The monoisotopic (exact) mass is 261 g/mol. The van der Waals surface area contributed by atoms with Gasteiger partial charge in [0.1, 0.15) is 12.7 Å².